The van der Waals surface area contributed by atoms with E-state index in [9.17, 15) is 5.11 Å². The first-order valence-electron chi connectivity index (χ1n) is 8.25. The van der Waals surface area contributed by atoms with Gasteiger partial charge in [0.2, 0.25) is 0 Å². The third-order valence-corrected chi connectivity index (χ3v) is 4.19. The summed E-state index contributed by atoms with van der Waals surface area (Å²) in [6.07, 6.45) is 1.56. The van der Waals surface area contributed by atoms with Crippen molar-refractivity contribution in [2.75, 3.05) is 39.4 Å². The molecule has 124 valence electrons. The first-order valence-corrected chi connectivity index (χ1v) is 8.25. The molecular formula is C17H29N3O2. The summed E-state index contributed by atoms with van der Waals surface area (Å²) in [6, 6.07) is 6.72. The minimum Gasteiger partial charge on any atom is -0.494 e. The maximum Gasteiger partial charge on any atom is 0.119 e. The summed E-state index contributed by atoms with van der Waals surface area (Å²) in [6.45, 7) is 7.75. The first kappa shape index (κ1) is 17.2. The van der Waals surface area contributed by atoms with E-state index in [-0.39, 0.29) is 6.61 Å². The smallest absolute Gasteiger partial charge is 0.119 e. The predicted molar refractivity (Wildman–Crippen MR) is 89.1 cm³/mol. The molecule has 0 bridgehead atoms. The van der Waals surface area contributed by atoms with Crippen molar-refractivity contribution >= 4 is 0 Å². The van der Waals surface area contributed by atoms with Gasteiger partial charge in [0.1, 0.15) is 5.75 Å². The summed E-state index contributed by atoms with van der Waals surface area (Å²) in [5.41, 5.74) is 7.97. The lowest BCUT2D eigenvalue weighted by Crippen LogP contribution is -2.49. The molecule has 5 heteroatoms. The monoisotopic (exact) mass is 307 g/mol. The Morgan fingerprint density at radius 3 is 3.00 bits per heavy atom. The maximum atomic E-state index is 9.28. The third kappa shape index (κ3) is 4.95. The lowest BCUT2D eigenvalue weighted by molar-refractivity contribution is 0.165. The third-order valence-electron chi connectivity index (χ3n) is 4.19. The average molecular weight is 307 g/mol. The van der Waals surface area contributed by atoms with Gasteiger partial charge in [0.15, 0.2) is 0 Å². The highest BCUT2D eigenvalue weighted by atomic mass is 16.5. The number of nitrogens with one attached hydrogen (secondary N) is 1. The van der Waals surface area contributed by atoms with E-state index in [0.717, 1.165) is 38.3 Å². The Hall–Kier alpha value is -1.14. The van der Waals surface area contributed by atoms with Crippen molar-refractivity contribution in [3.8, 4) is 5.75 Å². The van der Waals surface area contributed by atoms with Crippen molar-refractivity contribution in [1.82, 2.24) is 10.2 Å². The number of benzene rings is 1. The average Bonchev–Trinajstić information content (AvgIpc) is 2.52. The minimum atomic E-state index is 0.178. The van der Waals surface area contributed by atoms with Gasteiger partial charge in [-0.05, 0) is 49.6 Å². The molecule has 0 aromatic heterocycles. The molecule has 22 heavy (non-hydrogen) atoms. The van der Waals surface area contributed by atoms with E-state index in [2.05, 4.69) is 29.3 Å². The highest BCUT2D eigenvalue weighted by Gasteiger charge is 2.19. The molecule has 1 aliphatic heterocycles. The van der Waals surface area contributed by atoms with E-state index in [1.165, 1.54) is 11.1 Å². The van der Waals surface area contributed by atoms with E-state index in [4.69, 9.17) is 10.5 Å². The molecule has 1 saturated heterocycles. The molecule has 1 fully saturated rings. The summed E-state index contributed by atoms with van der Waals surface area (Å²) < 4.78 is 5.76. The van der Waals surface area contributed by atoms with Gasteiger partial charge in [0.25, 0.3) is 0 Å². The number of piperazine rings is 1. The standard InChI is InChI=1S/C17H29N3O2/c1-14-12-19-7-8-20(14)13-16-11-17(22-10-2-6-18)4-3-15(16)5-9-21/h3-4,11,14,19,21H,2,5-10,12-13,18H2,1H3. The number of hydrogen-bond acceptors (Lipinski definition) is 5. The SMILES string of the molecule is CC1CNCCN1Cc1cc(OCCCN)ccc1CCO. The summed E-state index contributed by atoms with van der Waals surface area (Å²) in [7, 11) is 0. The van der Waals surface area contributed by atoms with Gasteiger partial charge in [-0.2, -0.15) is 0 Å². The van der Waals surface area contributed by atoms with E-state index in [1.807, 2.05) is 6.07 Å². The zero-order valence-electron chi connectivity index (χ0n) is 13.6. The second-order valence-corrected chi connectivity index (χ2v) is 5.92. The Bertz CT molecular complexity index is 454. The number of hydrogen-bond donors (Lipinski definition) is 3. The van der Waals surface area contributed by atoms with Crippen molar-refractivity contribution in [3.05, 3.63) is 29.3 Å². The van der Waals surface area contributed by atoms with Gasteiger partial charge in [-0.15, -0.1) is 0 Å². The number of aliphatic hydroxyl groups excluding tert-OH is 1. The van der Waals surface area contributed by atoms with Crippen molar-refractivity contribution in [2.24, 2.45) is 5.73 Å². The van der Waals surface area contributed by atoms with Gasteiger partial charge >= 0.3 is 0 Å². The summed E-state index contributed by atoms with van der Waals surface area (Å²) in [5.74, 6) is 0.896. The molecule has 1 atom stereocenters. The largest absolute Gasteiger partial charge is 0.494 e. The van der Waals surface area contributed by atoms with Crippen LogP contribution >= 0.6 is 0 Å². The van der Waals surface area contributed by atoms with Gasteiger partial charge in [-0.3, -0.25) is 4.90 Å². The van der Waals surface area contributed by atoms with Crippen LogP contribution in [0.5, 0.6) is 5.75 Å². The lowest BCUT2D eigenvalue weighted by Gasteiger charge is -2.34. The van der Waals surface area contributed by atoms with Crippen LogP contribution in [0.4, 0.5) is 0 Å². The van der Waals surface area contributed by atoms with Gasteiger partial charge in [0.05, 0.1) is 6.61 Å². The van der Waals surface area contributed by atoms with Crippen molar-refractivity contribution in [3.63, 3.8) is 0 Å². The number of rotatable bonds is 8. The normalized spacial score (nSPS) is 19.3. The van der Waals surface area contributed by atoms with Crippen molar-refractivity contribution in [2.45, 2.75) is 32.4 Å². The fourth-order valence-electron chi connectivity index (χ4n) is 2.81. The summed E-state index contributed by atoms with van der Waals surface area (Å²) in [5, 5.41) is 12.7. The molecule has 1 heterocycles. The molecule has 0 spiro atoms. The van der Waals surface area contributed by atoms with Crippen LogP contribution in [0.2, 0.25) is 0 Å². The lowest BCUT2D eigenvalue weighted by atomic mass is 10.0. The molecule has 0 aliphatic carbocycles. The highest BCUT2D eigenvalue weighted by molar-refractivity contribution is 5.36. The molecule has 2 rings (SSSR count). The Morgan fingerprint density at radius 2 is 2.27 bits per heavy atom. The van der Waals surface area contributed by atoms with E-state index >= 15 is 0 Å². The highest BCUT2D eigenvalue weighted by Crippen LogP contribution is 2.21. The molecular weight excluding hydrogens is 278 g/mol. The van der Waals surface area contributed by atoms with Gasteiger partial charge < -0.3 is 20.9 Å². The number of aliphatic hydroxyl groups is 1. The van der Waals surface area contributed by atoms with Crippen LogP contribution in [-0.2, 0) is 13.0 Å². The molecule has 0 radical (unpaired) electrons. The van der Waals surface area contributed by atoms with Crippen LogP contribution in [0.1, 0.15) is 24.5 Å². The second kappa shape index (κ2) is 9.10. The molecule has 1 unspecified atom stereocenters. The van der Waals surface area contributed by atoms with Gasteiger partial charge in [-0.25, -0.2) is 0 Å². The fraction of sp³-hybridized carbons (Fsp3) is 0.647. The van der Waals surface area contributed by atoms with Crippen LogP contribution in [-0.4, -0.2) is 55.4 Å². The predicted octanol–water partition coefficient (Wildman–Crippen LogP) is 0.743. The molecule has 0 saturated carbocycles. The Balaban J connectivity index is 2.08. The first-order chi connectivity index (χ1) is 10.7. The molecule has 5 nitrogen and oxygen atoms in total. The van der Waals surface area contributed by atoms with Crippen molar-refractivity contribution < 1.29 is 9.84 Å². The van der Waals surface area contributed by atoms with Crippen LogP contribution in [0.15, 0.2) is 18.2 Å². The molecule has 4 N–H and O–H groups in total. The fourth-order valence-corrected chi connectivity index (χ4v) is 2.81. The molecule has 0 amide bonds. The van der Waals surface area contributed by atoms with Gasteiger partial charge in [-0.1, -0.05) is 6.07 Å². The maximum absolute atomic E-state index is 9.28. The minimum absolute atomic E-state index is 0.178. The van der Waals surface area contributed by atoms with Crippen molar-refractivity contribution in [1.29, 1.82) is 0 Å². The second-order valence-electron chi connectivity index (χ2n) is 5.92. The number of nitrogens with two attached hydrogens (primary N) is 1. The Morgan fingerprint density at radius 1 is 1.41 bits per heavy atom. The zero-order chi connectivity index (χ0) is 15.8. The van der Waals surface area contributed by atoms with E-state index in [1.54, 1.807) is 0 Å². The molecule has 1 aromatic rings. The molecule has 1 aliphatic rings. The van der Waals surface area contributed by atoms with E-state index < -0.39 is 0 Å². The van der Waals surface area contributed by atoms with Gasteiger partial charge in [0, 0.05) is 38.8 Å². The summed E-state index contributed by atoms with van der Waals surface area (Å²) in [4.78, 5) is 2.48. The topological polar surface area (TPSA) is 70.8 Å². The number of nitrogens with zero attached hydrogens (tertiary/aromatic N) is 1. The Labute approximate surface area is 133 Å². The Kier molecular flexibility index (Phi) is 7.12. The number of ether oxygens (including phenoxy) is 1. The van der Waals surface area contributed by atoms with Crippen LogP contribution in [0, 0.1) is 0 Å². The quantitative estimate of drug-likeness (QED) is 0.618. The van der Waals surface area contributed by atoms with Crippen LogP contribution in [0.3, 0.4) is 0 Å². The summed E-state index contributed by atoms with van der Waals surface area (Å²) >= 11 is 0. The van der Waals surface area contributed by atoms with Crippen LogP contribution in [0.25, 0.3) is 0 Å². The van der Waals surface area contributed by atoms with E-state index in [0.29, 0.717) is 25.6 Å². The molecule has 1 aromatic carbocycles. The van der Waals surface area contributed by atoms with Crippen LogP contribution < -0.4 is 15.8 Å². The zero-order valence-corrected chi connectivity index (χ0v) is 13.6.